The van der Waals surface area contributed by atoms with E-state index >= 15 is 0 Å². The van der Waals surface area contributed by atoms with Crippen molar-refractivity contribution in [3.05, 3.63) is 101 Å². The van der Waals surface area contributed by atoms with Gasteiger partial charge in [-0.2, -0.15) is 0 Å². The van der Waals surface area contributed by atoms with Gasteiger partial charge in [-0.25, -0.2) is 9.79 Å². The third-order valence-corrected chi connectivity index (χ3v) is 8.31. The van der Waals surface area contributed by atoms with E-state index in [1.165, 1.54) is 15.9 Å². The summed E-state index contributed by atoms with van der Waals surface area (Å²) in [6.45, 7) is 9.56. The van der Waals surface area contributed by atoms with E-state index in [0.29, 0.717) is 49.2 Å². The Morgan fingerprint density at radius 1 is 1.14 bits per heavy atom. The summed E-state index contributed by atoms with van der Waals surface area (Å²) in [5.41, 5.74) is 3.18. The highest BCUT2D eigenvalue weighted by Gasteiger charge is 2.34. The number of rotatable bonds is 8. The monoisotopic (exact) mass is 650 g/mol. The molecule has 218 valence electrons. The first-order chi connectivity index (χ1) is 20.1. The van der Waals surface area contributed by atoms with Crippen LogP contribution in [0.3, 0.4) is 0 Å². The first-order valence-corrected chi connectivity index (χ1v) is 15.1. The summed E-state index contributed by atoms with van der Waals surface area (Å²) < 4.78 is 25.9. The SMILES string of the molecule is CCOC(=O)C1=C(C)N=c2s/c(=C/c3ccc(-c4ccc(C)cc4Br)o3)c(=O)n2[C@H]1c1ccc(OC(C)C)c(OC)c1. The topological polar surface area (TPSA) is 92.3 Å². The third-order valence-electron chi connectivity index (χ3n) is 6.67. The van der Waals surface area contributed by atoms with Crippen LogP contribution in [0.5, 0.6) is 11.5 Å². The maximum Gasteiger partial charge on any atom is 0.338 e. The average Bonchev–Trinajstić information content (AvgIpc) is 3.52. The molecule has 2 aromatic heterocycles. The van der Waals surface area contributed by atoms with Gasteiger partial charge in [0.25, 0.3) is 5.56 Å². The van der Waals surface area contributed by atoms with Crippen LogP contribution in [0, 0.1) is 6.92 Å². The van der Waals surface area contributed by atoms with E-state index in [4.69, 9.17) is 18.6 Å². The summed E-state index contributed by atoms with van der Waals surface area (Å²) in [5, 5.41) is 0. The molecule has 0 unspecified atom stereocenters. The second kappa shape index (κ2) is 12.1. The van der Waals surface area contributed by atoms with Crippen LogP contribution in [-0.2, 0) is 9.53 Å². The zero-order chi connectivity index (χ0) is 30.1. The quantitative estimate of drug-likeness (QED) is 0.220. The number of aryl methyl sites for hydroxylation is 1. The molecule has 2 aromatic carbocycles. The molecular formula is C32H31BrN2O6S. The first kappa shape index (κ1) is 29.6. The highest BCUT2D eigenvalue weighted by Crippen LogP contribution is 2.37. The standard InChI is InChI=1S/C32H31BrN2O6S/c1-7-39-31(37)28-19(5)34-32-35(29(28)20-9-12-25(40-17(2)3)26(15-20)38-6)30(36)27(42-32)16-21-10-13-24(41-21)22-11-8-18(4)14-23(22)33/h8-17,29H,7H2,1-6H3/b27-16+/t29-/m0/s1. The smallest absolute Gasteiger partial charge is 0.338 e. The minimum atomic E-state index is -0.778. The number of carbonyl (C=O) groups excluding carboxylic acids is 1. The van der Waals surface area contributed by atoms with Crippen LogP contribution in [0.1, 0.15) is 50.6 Å². The van der Waals surface area contributed by atoms with Gasteiger partial charge in [0.1, 0.15) is 11.5 Å². The third kappa shape index (κ3) is 5.73. The molecule has 8 nitrogen and oxygen atoms in total. The fraction of sp³-hybridized carbons (Fsp3) is 0.281. The molecule has 1 aliphatic rings. The van der Waals surface area contributed by atoms with Crippen LogP contribution in [0.25, 0.3) is 17.4 Å². The second-order valence-electron chi connectivity index (χ2n) is 10.1. The Bertz CT molecular complexity index is 1880. The lowest BCUT2D eigenvalue weighted by Crippen LogP contribution is -2.40. The lowest BCUT2D eigenvalue weighted by atomic mass is 9.95. The Labute approximate surface area is 255 Å². The molecule has 0 spiro atoms. The molecule has 1 atom stereocenters. The largest absolute Gasteiger partial charge is 0.493 e. The van der Waals surface area contributed by atoms with Crippen molar-refractivity contribution in [2.45, 2.75) is 46.8 Å². The van der Waals surface area contributed by atoms with Gasteiger partial charge in [-0.3, -0.25) is 9.36 Å². The zero-order valence-corrected chi connectivity index (χ0v) is 26.6. The fourth-order valence-electron chi connectivity index (χ4n) is 4.84. The normalized spacial score (nSPS) is 15.0. The van der Waals surface area contributed by atoms with Crippen molar-refractivity contribution >= 4 is 39.3 Å². The number of thiazole rings is 1. The number of ether oxygens (including phenoxy) is 3. The maximum absolute atomic E-state index is 14.0. The van der Waals surface area contributed by atoms with Crippen molar-refractivity contribution in [2.24, 2.45) is 4.99 Å². The molecule has 0 saturated heterocycles. The zero-order valence-electron chi connectivity index (χ0n) is 24.2. The number of aromatic nitrogens is 1. The lowest BCUT2D eigenvalue weighted by Gasteiger charge is -2.25. The van der Waals surface area contributed by atoms with Gasteiger partial charge in [0.15, 0.2) is 16.3 Å². The van der Waals surface area contributed by atoms with Crippen LogP contribution in [0.2, 0.25) is 0 Å². The molecule has 0 amide bonds. The summed E-state index contributed by atoms with van der Waals surface area (Å²) in [5.74, 6) is 1.73. The number of nitrogens with zero attached hydrogens (tertiary/aromatic N) is 2. The van der Waals surface area contributed by atoms with E-state index in [9.17, 15) is 9.59 Å². The predicted octanol–water partition coefficient (Wildman–Crippen LogP) is 5.93. The number of halogens is 1. The number of methoxy groups -OCH3 is 1. The number of benzene rings is 2. The number of carbonyl (C=O) groups is 1. The van der Waals surface area contributed by atoms with Crippen LogP contribution >= 0.6 is 27.3 Å². The number of hydrogen-bond acceptors (Lipinski definition) is 8. The maximum atomic E-state index is 14.0. The van der Waals surface area contributed by atoms with Gasteiger partial charge in [-0.05, 0) is 82.1 Å². The van der Waals surface area contributed by atoms with Crippen molar-refractivity contribution in [1.29, 1.82) is 0 Å². The molecule has 0 saturated carbocycles. The molecule has 0 radical (unpaired) electrons. The highest BCUT2D eigenvalue weighted by molar-refractivity contribution is 9.10. The highest BCUT2D eigenvalue weighted by atomic mass is 79.9. The summed E-state index contributed by atoms with van der Waals surface area (Å²) in [6.07, 6.45) is 1.64. The Balaban J connectivity index is 1.64. The van der Waals surface area contributed by atoms with Gasteiger partial charge in [-0.1, -0.05) is 39.4 Å². The van der Waals surface area contributed by atoms with Gasteiger partial charge >= 0.3 is 5.97 Å². The molecule has 0 fully saturated rings. The molecular weight excluding hydrogens is 620 g/mol. The number of allylic oxidation sites excluding steroid dienone is 1. The van der Waals surface area contributed by atoms with Gasteiger partial charge in [-0.15, -0.1) is 0 Å². The van der Waals surface area contributed by atoms with E-state index in [0.717, 1.165) is 15.6 Å². The minimum absolute atomic E-state index is 0.0612. The molecule has 10 heteroatoms. The Hall–Kier alpha value is -3.89. The summed E-state index contributed by atoms with van der Waals surface area (Å²) >= 11 is 4.84. The van der Waals surface area contributed by atoms with Crippen LogP contribution < -0.4 is 24.4 Å². The number of esters is 1. The summed E-state index contributed by atoms with van der Waals surface area (Å²) in [6, 6.07) is 14.4. The number of hydrogen-bond donors (Lipinski definition) is 0. The van der Waals surface area contributed by atoms with E-state index in [1.54, 1.807) is 39.2 Å². The Morgan fingerprint density at radius 3 is 2.62 bits per heavy atom. The predicted molar refractivity (Wildman–Crippen MR) is 166 cm³/mol. The van der Waals surface area contributed by atoms with Gasteiger partial charge in [0.05, 0.1) is 41.7 Å². The van der Waals surface area contributed by atoms with Gasteiger partial charge in [0, 0.05) is 16.1 Å². The molecule has 0 N–H and O–H groups in total. The van der Waals surface area contributed by atoms with Crippen molar-refractivity contribution in [3.8, 4) is 22.8 Å². The molecule has 3 heterocycles. The fourth-order valence-corrected chi connectivity index (χ4v) is 6.55. The van der Waals surface area contributed by atoms with E-state index in [-0.39, 0.29) is 18.3 Å². The van der Waals surface area contributed by atoms with Crippen LogP contribution in [0.15, 0.2) is 78.5 Å². The number of furan rings is 1. The summed E-state index contributed by atoms with van der Waals surface area (Å²) in [4.78, 5) is 32.3. The van der Waals surface area contributed by atoms with Gasteiger partial charge in [0.2, 0.25) is 0 Å². The van der Waals surface area contributed by atoms with Crippen molar-refractivity contribution in [3.63, 3.8) is 0 Å². The average molecular weight is 652 g/mol. The van der Waals surface area contributed by atoms with Crippen LogP contribution in [0.4, 0.5) is 0 Å². The molecule has 42 heavy (non-hydrogen) atoms. The Kier molecular flexibility index (Phi) is 8.56. The number of fused-ring (bicyclic) bond motifs is 1. The molecule has 4 aromatic rings. The summed E-state index contributed by atoms with van der Waals surface area (Å²) in [7, 11) is 1.55. The molecule has 1 aliphatic heterocycles. The first-order valence-electron chi connectivity index (χ1n) is 13.5. The minimum Gasteiger partial charge on any atom is -0.493 e. The van der Waals surface area contributed by atoms with Crippen molar-refractivity contribution in [1.82, 2.24) is 4.57 Å². The van der Waals surface area contributed by atoms with E-state index in [2.05, 4.69) is 20.9 Å². The molecule has 0 bridgehead atoms. The molecule has 0 aliphatic carbocycles. The van der Waals surface area contributed by atoms with Crippen molar-refractivity contribution < 1.29 is 23.4 Å². The van der Waals surface area contributed by atoms with Crippen LogP contribution in [-0.4, -0.2) is 30.4 Å². The molecule has 5 rings (SSSR count). The second-order valence-corrected chi connectivity index (χ2v) is 11.9. The Morgan fingerprint density at radius 2 is 1.93 bits per heavy atom. The lowest BCUT2D eigenvalue weighted by molar-refractivity contribution is -0.139. The van der Waals surface area contributed by atoms with Gasteiger partial charge < -0.3 is 18.6 Å². The van der Waals surface area contributed by atoms with E-state index < -0.39 is 12.0 Å². The van der Waals surface area contributed by atoms with E-state index in [1.807, 2.05) is 57.2 Å². The van der Waals surface area contributed by atoms with Crippen molar-refractivity contribution in [2.75, 3.05) is 13.7 Å².